The van der Waals surface area contributed by atoms with Gasteiger partial charge in [-0.25, -0.2) is 0 Å². The minimum atomic E-state index is -2.16. The predicted octanol–water partition coefficient (Wildman–Crippen LogP) is 4.15. The average Bonchev–Trinajstić information content (AvgIpc) is 2.24. The maximum absolute atomic E-state index is 6.10. The molecular weight excluding hydrogens is 228 g/mol. The molecule has 0 saturated carbocycles. The third-order valence-corrected chi connectivity index (χ3v) is 5.48. The van der Waals surface area contributed by atoms with Crippen LogP contribution in [0.25, 0.3) is 0 Å². The Bertz CT molecular complexity index is 200. The van der Waals surface area contributed by atoms with E-state index >= 15 is 0 Å². The van der Waals surface area contributed by atoms with Crippen LogP contribution >= 0.6 is 0 Å². The minimum absolute atomic E-state index is 0.527. The van der Waals surface area contributed by atoms with E-state index in [0.717, 1.165) is 25.3 Å². The van der Waals surface area contributed by atoms with E-state index in [1.54, 1.807) is 0 Å². The molecule has 0 radical (unpaired) electrons. The molecule has 0 N–H and O–H groups in total. The highest BCUT2D eigenvalue weighted by molar-refractivity contribution is 6.68. The largest absolute Gasteiger partial charge is 0.394 e. The van der Waals surface area contributed by atoms with Crippen molar-refractivity contribution in [3.8, 4) is 0 Å². The van der Waals surface area contributed by atoms with E-state index in [9.17, 15) is 0 Å². The van der Waals surface area contributed by atoms with Gasteiger partial charge in [-0.15, -0.1) is 13.2 Å². The molecule has 0 aromatic carbocycles. The molecule has 2 nitrogen and oxygen atoms in total. The molecule has 0 fully saturated rings. The Morgan fingerprint density at radius 3 is 1.47 bits per heavy atom. The van der Waals surface area contributed by atoms with Crippen LogP contribution < -0.4 is 0 Å². The van der Waals surface area contributed by atoms with Crippen molar-refractivity contribution in [1.29, 1.82) is 0 Å². The number of allylic oxidation sites excluding steroid dienone is 2. The summed E-state index contributed by atoms with van der Waals surface area (Å²) in [7, 11) is -2.16. The van der Waals surface area contributed by atoms with Gasteiger partial charge in [0.1, 0.15) is 0 Å². The highest BCUT2D eigenvalue weighted by Gasteiger charge is 2.35. The fraction of sp³-hybridized carbons (Fsp3) is 0.714. The lowest BCUT2D eigenvalue weighted by molar-refractivity contribution is 0.142. The lowest BCUT2D eigenvalue weighted by atomic mass is 10.2. The van der Waals surface area contributed by atoms with Gasteiger partial charge in [0, 0.05) is 25.3 Å². The van der Waals surface area contributed by atoms with Crippen molar-refractivity contribution in [1.82, 2.24) is 0 Å². The maximum atomic E-state index is 6.10. The Balaban J connectivity index is 4.57. The summed E-state index contributed by atoms with van der Waals surface area (Å²) in [5, 5.41) is 0. The fourth-order valence-electron chi connectivity index (χ4n) is 1.44. The SMILES string of the molecule is C=CC[Si](CC=C)(OCC(C)C)OCC(C)C. The van der Waals surface area contributed by atoms with Crippen molar-refractivity contribution in [2.45, 2.75) is 39.8 Å². The summed E-state index contributed by atoms with van der Waals surface area (Å²) < 4.78 is 12.2. The van der Waals surface area contributed by atoms with Gasteiger partial charge in [0.25, 0.3) is 0 Å². The second kappa shape index (κ2) is 8.67. The summed E-state index contributed by atoms with van der Waals surface area (Å²) in [5.41, 5.74) is 0. The zero-order chi connectivity index (χ0) is 13.3. The molecular formula is C14H28O2Si. The molecule has 0 bridgehead atoms. The molecule has 3 heteroatoms. The first-order valence-electron chi connectivity index (χ1n) is 6.45. The van der Waals surface area contributed by atoms with Crippen LogP contribution in [0, 0.1) is 11.8 Å². The van der Waals surface area contributed by atoms with E-state index in [4.69, 9.17) is 8.85 Å². The van der Waals surface area contributed by atoms with Crippen molar-refractivity contribution < 1.29 is 8.85 Å². The highest BCUT2D eigenvalue weighted by atomic mass is 28.4. The van der Waals surface area contributed by atoms with Crippen LogP contribution in [0.2, 0.25) is 12.1 Å². The van der Waals surface area contributed by atoms with Crippen LogP contribution in [0.3, 0.4) is 0 Å². The molecule has 0 aliphatic carbocycles. The van der Waals surface area contributed by atoms with Crippen LogP contribution in [0.4, 0.5) is 0 Å². The molecule has 0 aromatic heterocycles. The quantitative estimate of drug-likeness (QED) is 0.432. The number of hydrogen-bond acceptors (Lipinski definition) is 2. The van der Waals surface area contributed by atoms with Gasteiger partial charge in [0.2, 0.25) is 0 Å². The van der Waals surface area contributed by atoms with Crippen LogP contribution in [-0.2, 0) is 8.85 Å². The van der Waals surface area contributed by atoms with Crippen molar-refractivity contribution in [2.75, 3.05) is 13.2 Å². The molecule has 0 unspecified atom stereocenters. The van der Waals surface area contributed by atoms with E-state index in [0.29, 0.717) is 11.8 Å². The minimum Gasteiger partial charge on any atom is -0.394 e. The standard InChI is InChI=1S/C14H28O2Si/c1-7-9-17(10-8-2,15-11-13(3)4)16-12-14(5)6/h7-8,13-14H,1-2,9-12H2,3-6H3. The normalized spacial score (nSPS) is 12.1. The monoisotopic (exact) mass is 256 g/mol. The van der Waals surface area contributed by atoms with Crippen molar-refractivity contribution in [3.63, 3.8) is 0 Å². The highest BCUT2D eigenvalue weighted by Crippen LogP contribution is 2.22. The lowest BCUT2D eigenvalue weighted by Gasteiger charge is -2.30. The Kier molecular flexibility index (Phi) is 8.48. The van der Waals surface area contributed by atoms with Crippen LogP contribution in [0.5, 0.6) is 0 Å². The molecule has 17 heavy (non-hydrogen) atoms. The lowest BCUT2D eigenvalue weighted by Crippen LogP contribution is -2.43. The summed E-state index contributed by atoms with van der Waals surface area (Å²) in [6.45, 7) is 17.8. The maximum Gasteiger partial charge on any atom is 0.345 e. The van der Waals surface area contributed by atoms with Crippen molar-refractivity contribution >= 4 is 8.56 Å². The Morgan fingerprint density at radius 2 is 1.24 bits per heavy atom. The molecule has 0 atom stereocenters. The predicted molar refractivity (Wildman–Crippen MR) is 77.3 cm³/mol. The summed E-state index contributed by atoms with van der Waals surface area (Å²) in [4.78, 5) is 0. The van der Waals surface area contributed by atoms with E-state index in [2.05, 4.69) is 40.9 Å². The summed E-state index contributed by atoms with van der Waals surface area (Å²) in [5.74, 6) is 1.05. The van der Waals surface area contributed by atoms with Gasteiger partial charge < -0.3 is 8.85 Å². The molecule has 0 amide bonds. The molecule has 0 aliphatic rings. The molecule has 0 aliphatic heterocycles. The Morgan fingerprint density at radius 1 is 0.882 bits per heavy atom. The second-order valence-electron chi connectivity index (χ2n) is 5.31. The number of rotatable bonds is 10. The van der Waals surface area contributed by atoms with Crippen LogP contribution in [-0.4, -0.2) is 21.8 Å². The van der Waals surface area contributed by atoms with Crippen molar-refractivity contribution in [3.05, 3.63) is 25.3 Å². The first kappa shape index (κ1) is 16.6. The summed E-state index contributed by atoms with van der Waals surface area (Å²) in [6.07, 6.45) is 3.83. The van der Waals surface area contributed by atoms with E-state index in [-0.39, 0.29) is 0 Å². The molecule has 0 heterocycles. The van der Waals surface area contributed by atoms with Gasteiger partial charge in [-0.1, -0.05) is 39.8 Å². The number of hydrogen-bond donors (Lipinski definition) is 0. The molecule has 0 rings (SSSR count). The van der Waals surface area contributed by atoms with Gasteiger partial charge in [0.15, 0.2) is 0 Å². The van der Waals surface area contributed by atoms with Gasteiger partial charge in [-0.3, -0.25) is 0 Å². The third kappa shape index (κ3) is 7.52. The van der Waals surface area contributed by atoms with E-state index in [1.165, 1.54) is 0 Å². The topological polar surface area (TPSA) is 18.5 Å². The zero-order valence-corrected chi connectivity index (χ0v) is 12.9. The van der Waals surface area contributed by atoms with Crippen LogP contribution in [0.15, 0.2) is 25.3 Å². The van der Waals surface area contributed by atoms with Crippen molar-refractivity contribution in [2.24, 2.45) is 11.8 Å². The van der Waals surface area contributed by atoms with Gasteiger partial charge in [0.05, 0.1) is 0 Å². The third-order valence-electron chi connectivity index (χ3n) is 2.27. The Hall–Kier alpha value is -0.383. The summed E-state index contributed by atoms with van der Waals surface area (Å²) in [6, 6.07) is 1.66. The smallest absolute Gasteiger partial charge is 0.345 e. The first-order valence-corrected chi connectivity index (χ1v) is 8.68. The molecule has 0 spiro atoms. The molecule has 0 saturated heterocycles. The van der Waals surface area contributed by atoms with E-state index in [1.807, 2.05) is 12.2 Å². The molecule has 0 aromatic rings. The van der Waals surface area contributed by atoms with E-state index < -0.39 is 8.56 Å². The van der Waals surface area contributed by atoms with Gasteiger partial charge in [-0.05, 0) is 11.8 Å². The average molecular weight is 256 g/mol. The summed E-state index contributed by atoms with van der Waals surface area (Å²) >= 11 is 0. The second-order valence-corrected chi connectivity index (χ2v) is 8.52. The molecule has 100 valence electrons. The van der Waals surface area contributed by atoms with Crippen LogP contribution in [0.1, 0.15) is 27.7 Å². The zero-order valence-electron chi connectivity index (χ0n) is 11.9. The fourth-order valence-corrected chi connectivity index (χ4v) is 4.31. The van der Waals surface area contributed by atoms with Gasteiger partial charge in [-0.2, -0.15) is 0 Å². The Labute approximate surface area is 108 Å². The van der Waals surface area contributed by atoms with Gasteiger partial charge >= 0.3 is 8.56 Å². The first-order chi connectivity index (χ1) is 7.95.